The van der Waals surface area contributed by atoms with Crippen molar-refractivity contribution < 1.29 is 24.2 Å². The van der Waals surface area contributed by atoms with E-state index < -0.39 is 18.0 Å². The summed E-state index contributed by atoms with van der Waals surface area (Å²) in [7, 11) is 2.66. The summed E-state index contributed by atoms with van der Waals surface area (Å²) in [6.45, 7) is -0.387. The third kappa shape index (κ3) is 3.83. The summed E-state index contributed by atoms with van der Waals surface area (Å²) < 4.78 is 9.85. The Morgan fingerprint density at radius 2 is 2.14 bits per heavy atom. The number of aromatic amines is 1. The van der Waals surface area contributed by atoms with Crippen LogP contribution in [0.25, 0.3) is 10.9 Å². The van der Waals surface area contributed by atoms with Crippen molar-refractivity contribution in [2.24, 2.45) is 0 Å². The van der Waals surface area contributed by atoms with Crippen LogP contribution in [-0.2, 0) is 16.1 Å². The van der Waals surface area contributed by atoms with Crippen molar-refractivity contribution in [2.45, 2.75) is 12.6 Å². The average molecular weight is 386 g/mol. The molecule has 1 atom stereocenters. The first-order chi connectivity index (χ1) is 13.6. The second-order valence-corrected chi connectivity index (χ2v) is 5.58. The highest BCUT2D eigenvalue weighted by molar-refractivity contribution is 5.95. The van der Waals surface area contributed by atoms with Crippen LogP contribution in [0.5, 0.6) is 5.88 Å². The van der Waals surface area contributed by atoms with Crippen LogP contribution >= 0.6 is 0 Å². The van der Waals surface area contributed by atoms with Gasteiger partial charge in [0.2, 0.25) is 5.88 Å². The van der Waals surface area contributed by atoms with E-state index in [1.807, 2.05) is 0 Å². The van der Waals surface area contributed by atoms with Gasteiger partial charge in [0.1, 0.15) is 5.82 Å². The van der Waals surface area contributed by atoms with Gasteiger partial charge < -0.3 is 19.9 Å². The number of carbonyl (C=O) groups excluding carboxylic acids is 2. The van der Waals surface area contributed by atoms with E-state index in [9.17, 15) is 14.7 Å². The summed E-state index contributed by atoms with van der Waals surface area (Å²) in [5, 5.41) is 21.8. The quantitative estimate of drug-likeness (QED) is 0.456. The molecule has 3 rings (SSSR count). The molecule has 3 heterocycles. The van der Waals surface area contributed by atoms with Gasteiger partial charge in [0.25, 0.3) is 0 Å². The van der Waals surface area contributed by atoms with Gasteiger partial charge in [-0.25, -0.2) is 14.6 Å². The zero-order valence-corrected chi connectivity index (χ0v) is 15.1. The first kappa shape index (κ1) is 19.0. The Morgan fingerprint density at radius 1 is 1.32 bits per heavy atom. The number of nitrogens with one attached hydrogen (secondary N) is 3. The molecule has 28 heavy (non-hydrogen) atoms. The van der Waals surface area contributed by atoms with Crippen LogP contribution in [0.2, 0.25) is 0 Å². The molecule has 0 aliphatic heterocycles. The predicted octanol–water partition coefficient (Wildman–Crippen LogP) is 0.890. The Kier molecular flexibility index (Phi) is 5.65. The minimum Gasteiger partial charge on any atom is -0.479 e. The van der Waals surface area contributed by atoms with Crippen molar-refractivity contribution in [3.8, 4) is 5.88 Å². The number of nitrogens with zero attached hydrogens (tertiary/aromatic N) is 3. The fourth-order valence-electron chi connectivity index (χ4n) is 2.62. The molecule has 3 aromatic heterocycles. The summed E-state index contributed by atoms with van der Waals surface area (Å²) in [4.78, 5) is 32.7. The lowest BCUT2D eigenvalue weighted by Crippen LogP contribution is -2.38. The Bertz CT molecular complexity index is 990. The molecular weight excluding hydrogens is 368 g/mol. The second kappa shape index (κ2) is 8.31. The van der Waals surface area contributed by atoms with Crippen LogP contribution in [0.1, 0.15) is 17.4 Å². The van der Waals surface area contributed by atoms with E-state index >= 15 is 0 Å². The number of esters is 1. The number of aliphatic hydroxyl groups excluding tert-OH is 1. The molecule has 11 nitrogen and oxygen atoms in total. The SMILES string of the molecule is COC(=O)C(NC(=O)Nc1cc2[nH]nc(OC)c2c(CO)n1)c1ccccn1. The topological polar surface area (TPSA) is 151 Å². The number of ether oxygens (including phenoxy) is 2. The van der Waals surface area contributed by atoms with Gasteiger partial charge in [-0.05, 0) is 12.1 Å². The number of fused-ring (bicyclic) bond motifs is 1. The third-order valence-electron chi connectivity index (χ3n) is 3.87. The van der Waals surface area contributed by atoms with E-state index in [0.29, 0.717) is 16.6 Å². The molecule has 11 heteroatoms. The maximum Gasteiger partial charge on any atom is 0.334 e. The minimum atomic E-state index is -1.10. The lowest BCUT2D eigenvalue weighted by molar-refractivity contribution is -0.143. The number of hydrogen-bond acceptors (Lipinski definition) is 8. The normalized spacial score (nSPS) is 11.7. The van der Waals surface area contributed by atoms with E-state index in [-0.39, 0.29) is 24.0 Å². The summed E-state index contributed by atoms with van der Waals surface area (Å²) in [6, 6.07) is 4.69. The highest BCUT2D eigenvalue weighted by Gasteiger charge is 2.25. The van der Waals surface area contributed by atoms with Crippen molar-refractivity contribution in [1.82, 2.24) is 25.5 Å². The van der Waals surface area contributed by atoms with Crippen LogP contribution in [0.15, 0.2) is 30.5 Å². The van der Waals surface area contributed by atoms with E-state index in [1.165, 1.54) is 26.5 Å². The molecule has 0 bridgehead atoms. The lowest BCUT2D eigenvalue weighted by Gasteiger charge is -2.16. The van der Waals surface area contributed by atoms with E-state index in [2.05, 4.69) is 30.8 Å². The van der Waals surface area contributed by atoms with Gasteiger partial charge >= 0.3 is 12.0 Å². The number of aromatic nitrogens is 4. The first-order valence-corrected chi connectivity index (χ1v) is 8.16. The largest absolute Gasteiger partial charge is 0.479 e. The number of urea groups is 1. The van der Waals surface area contributed by atoms with E-state index in [4.69, 9.17) is 9.47 Å². The molecule has 0 spiro atoms. The number of methoxy groups -OCH3 is 2. The Balaban J connectivity index is 1.82. The Labute approximate surface area is 159 Å². The van der Waals surface area contributed by atoms with Crippen LogP contribution in [-0.4, -0.2) is 51.5 Å². The first-order valence-electron chi connectivity index (χ1n) is 8.16. The van der Waals surface area contributed by atoms with Crippen molar-refractivity contribution in [2.75, 3.05) is 19.5 Å². The van der Waals surface area contributed by atoms with Crippen molar-refractivity contribution in [1.29, 1.82) is 0 Å². The van der Waals surface area contributed by atoms with E-state index in [0.717, 1.165) is 0 Å². The van der Waals surface area contributed by atoms with Crippen molar-refractivity contribution in [3.63, 3.8) is 0 Å². The summed E-state index contributed by atoms with van der Waals surface area (Å²) >= 11 is 0. The van der Waals surface area contributed by atoms with Gasteiger partial charge in [0, 0.05) is 12.3 Å². The number of H-pyrrole nitrogens is 1. The van der Waals surface area contributed by atoms with Gasteiger partial charge in [-0.2, -0.15) is 0 Å². The molecule has 146 valence electrons. The molecular formula is C17H18N6O5. The monoisotopic (exact) mass is 386 g/mol. The van der Waals surface area contributed by atoms with E-state index in [1.54, 1.807) is 18.2 Å². The Hall–Kier alpha value is -3.73. The molecule has 4 N–H and O–H groups in total. The number of carbonyl (C=O) groups is 2. The molecule has 2 amide bonds. The summed E-state index contributed by atoms with van der Waals surface area (Å²) in [6.07, 6.45) is 1.50. The molecule has 1 unspecified atom stereocenters. The maximum atomic E-state index is 12.4. The average Bonchev–Trinajstić information content (AvgIpc) is 3.14. The van der Waals surface area contributed by atoms with Gasteiger partial charge in [0.15, 0.2) is 6.04 Å². The molecule has 0 aliphatic rings. The molecule has 0 aromatic carbocycles. The second-order valence-electron chi connectivity index (χ2n) is 5.58. The smallest absolute Gasteiger partial charge is 0.334 e. The summed E-state index contributed by atoms with van der Waals surface area (Å²) in [5.74, 6) is -0.250. The number of hydrogen-bond donors (Lipinski definition) is 4. The molecule has 0 aliphatic carbocycles. The van der Waals surface area contributed by atoms with Gasteiger partial charge in [-0.3, -0.25) is 15.4 Å². The fourth-order valence-corrected chi connectivity index (χ4v) is 2.62. The van der Waals surface area contributed by atoms with Crippen LogP contribution in [0.3, 0.4) is 0 Å². The molecule has 0 fully saturated rings. The van der Waals surface area contributed by atoms with Crippen molar-refractivity contribution in [3.05, 3.63) is 41.9 Å². The molecule has 0 saturated heterocycles. The van der Waals surface area contributed by atoms with Gasteiger partial charge in [-0.1, -0.05) is 6.07 Å². The highest BCUT2D eigenvalue weighted by Crippen LogP contribution is 2.27. The summed E-state index contributed by atoms with van der Waals surface area (Å²) in [5.41, 5.74) is 1.11. The molecule has 3 aromatic rings. The number of amides is 2. The lowest BCUT2D eigenvalue weighted by atomic mass is 10.2. The number of pyridine rings is 2. The van der Waals surface area contributed by atoms with Gasteiger partial charge in [0.05, 0.1) is 43.1 Å². The van der Waals surface area contributed by atoms with Gasteiger partial charge in [-0.15, -0.1) is 5.10 Å². The zero-order chi connectivity index (χ0) is 20.1. The number of aliphatic hydroxyl groups is 1. The Morgan fingerprint density at radius 3 is 2.79 bits per heavy atom. The molecule has 0 saturated carbocycles. The molecule has 0 radical (unpaired) electrons. The van der Waals surface area contributed by atoms with Crippen LogP contribution < -0.4 is 15.4 Å². The minimum absolute atomic E-state index is 0.144. The maximum absolute atomic E-state index is 12.4. The van der Waals surface area contributed by atoms with Crippen LogP contribution in [0, 0.1) is 0 Å². The standard InChI is InChI=1S/C17H18N6O5/c1-27-15-13-10(22-23-15)7-12(19-11(13)8-24)20-17(26)21-14(16(25)28-2)9-5-3-4-6-18-9/h3-7,14,24H,8H2,1-2H3,(H,22,23)(H2,19,20,21,26). The third-order valence-corrected chi connectivity index (χ3v) is 3.87. The number of anilines is 1. The fraction of sp³-hybridized carbons (Fsp3) is 0.235. The highest BCUT2D eigenvalue weighted by atomic mass is 16.5. The predicted molar refractivity (Wildman–Crippen MR) is 97.5 cm³/mol. The van der Waals surface area contributed by atoms with Crippen LogP contribution in [0.4, 0.5) is 10.6 Å². The zero-order valence-electron chi connectivity index (χ0n) is 15.1. The number of rotatable bonds is 6. The van der Waals surface area contributed by atoms with Crippen molar-refractivity contribution >= 4 is 28.7 Å².